The van der Waals surface area contributed by atoms with Gasteiger partial charge in [-0.15, -0.1) is 0 Å². The minimum Gasteiger partial charge on any atom is -0.464 e. The number of rotatable bonds is 4. The Morgan fingerprint density at radius 1 is 1.35 bits per heavy atom. The Morgan fingerprint density at radius 3 is 2.90 bits per heavy atom. The van der Waals surface area contributed by atoms with Crippen molar-refractivity contribution in [2.45, 2.75) is 25.8 Å². The zero-order valence-electron chi connectivity index (χ0n) is 11.3. The largest absolute Gasteiger partial charge is 0.464 e. The first-order valence-corrected chi connectivity index (χ1v) is 7.05. The van der Waals surface area contributed by atoms with Crippen LogP contribution < -0.4 is 10.2 Å². The Hall–Kier alpha value is -2.04. The molecule has 0 bridgehead atoms. The van der Waals surface area contributed by atoms with Crippen LogP contribution in [0.3, 0.4) is 0 Å². The SMILES string of the molecule is O=C(OCCN1C(=O)NCc2ccccc21)C1CCC1. The van der Waals surface area contributed by atoms with Gasteiger partial charge in [0.05, 0.1) is 18.2 Å². The fourth-order valence-corrected chi connectivity index (χ4v) is 2.52. The number of fused-ring (bicyclic) bond motifs is 1. The normalized spacial score (nSPS) is 18.0. The minimum absolute atomic E-state index is 0.0810. The highest BCUT2D eigenvalue weighted by atomic mass is 16.5. The summed E-state index contributed by atoms with van der Waals surface area (Å²) in [6.07, 6.45) is 2.99. The lowest BCUT2D eigenvalue weighted by Crippen LogP contribution is -2.46. The number of carbonyl (C=O) groups excluding carboxylic acids is 2. The smallest absolute Gasteiger partial charge is 0.322 e. The van der Waals surface area contributed by atoms with E-state index in [0.29, 0.717) is 13.1 Å². The summed E-state index contributed by atoms with van der Waals surface area (Å²) >= 11 is 0. The maximum Gasteiger partial charge on any atom is 0.322 e. The topological polar surface area (TPSA) is 58.6 Å². The van der Waals surface area contributed by atoms with Crippen molar-refractivity contribution in [3.63, 3.8) is 0 Å². The van der Waals surface area contributed by atoms with Crippen LogP contribution in [0.4, 0.5) is 10.5 Å². The van der Waals surface area contributed by atoms with Gasteiger partial charge >= 0.3 is 12.0 Å². The number of ether oxygens (including phenoxy) is 1. The molecule has 5 nitrogen and oxygen atoms in total. The molecular formula is C15H18N2O3. The summed E-state index contributed by atoms with van der Waals surface area (Å²) in [5.41, 5.74) is 1.98. The Labute approximate surface area is 117 Å². The number of anilines is 1. The molecule has 3 rings (SSSR count). The van der Waals surface area contributed by atoms with Crippen LogP contribution in [-0.2, 0) is 16.1 Å². The first kappa shape index (κ1) is 13.0. The molecule has 0 radical (unpaired) electrons. The number of nitrogens with zero attached hydrogens (tertiary/aromatic N) is 1. The first-order valence-electron chi connectivity index (χ1n) is 7.05. The number of para-hydroxylation sites is 1. The zero-order chi connectivity index (χ0) is 13.9. The van der Waals surface area contributed by atoms with Gasteiger partial charge < -0.3 is 10.1 Å². The molecule has 0 saturated heterocycles. The molecule has 0 atom stereocenters. The van der Waals surface area contributed by atoms with Crippen molar-refractivity contribution in [2.75, 3.05) is 18.1 Å². The maximum absolute atomic E-state index is 11.9. The maximum atomic E-state index is 11.9. The minimum atomic E-state index is -0.136. The lowest BCUT2D eigenvalue weighted by molar-refractivity contribution is -0.151. The Bertz CT molecular complexity index is 526. The molecule has 1 aromatic carbocycles. The quantitative estimate of drug-likeness (QED) is 0.855. The second kappa shape index (κ2) is 5.53. The molecule has 0 aromatic heterocycles. The van der Waals surface area contributed by atoms with Crippen molar-refractivity contribution < 1.29 is 14.3 Å². The van der Waals surface area contributed by atoms with Crippen molar-refractivity contribution in [3.05, 3.63) is 29.8 Å². The summed E-state index contributed by atoms with van der Waals surface area (Å²) in [6.45, 7) is 1.19. The monoisotopic (exact) mass is 274 g/mol. The van der Waals surface area contributed by atoms with Crippen LogP contribution >= 0.6 is 0 Å². The van der Waals surface area contributed by atoms with E-state index in [9.17, 15) is 9.59 Å². The summed E-state index contributed by atoms with van der Waals surface area (Å²) < 4.78 is 5.25. The molecule has 1 saturated carbocycles. The van der Waals surface area contributed by atoms with Crippen LogP contribution in [0.25, 0.3) is 0 Å². The highest BCUT2D eigenvalue weighted by Crippen LogP contribution is 2.27. The van der Waals surface area contributed by atoms with E-state index in [4.69, 9.17) is 4.74 Å². The van der Waals surface area contributed by atoms with Crippen LogP contribution in [0.15, 0.2) is 24.3 Å². The molecule has 106 valence electrons. The molecule has 5 heteroatoms. The third kappa shape index (κ3) is 2.48. The molecular weight excluding hydrogens is 256 g/mol. The van der Waals surface area contributed by atoms with E-state index in [0.717, 1.165) is 30.5 Å². The second-order valence-corrected chi connectivity index (χ2v) is 5.23. The van der Waals surface area contributed by atoms with Gasteiger partial charge in [-0.1, -0.05) is 24.6 Å². The molecule has 1 aromatic rings. The van der Waals surface area contributed by atoms with Gasteiger partial charge in [-0.2, -0.15) is 0 Å². The van der Waals surface area contributed by atoms with Gasteiger partial charge in [-0.3, -0.25) is 9.69 Å². The Balaban J connectivity index is 1.59. The molecule has 1 aliphatic heterocycles. The van der Waals surface area contributed by atoms with E-state index in [-0.39, 0.29) is 24.5 Å². The van der Waals surface area contributed by atoms with Crippen molar-refractivity contribution >= 4 is 17.7 Å². The van der Waals surface area contributed by atoms with Crippen LogP contribution in [0, 0.1) is 5.92 Å². The summed E-state index contributed by atoms with van der Waals surface area (Å²) in [5, 5.41) is 2.82. The number of nitrogens with one attached hydrogen (secondary N) is 1. The van der Waals surface area contributed by atoms with E-state index in [2.05, 4.69) is 5.32 Å². The molecule has 0 spiro atoms. The van der Waals surface area contributed by atoms with E-state index in [1.807, 2.05) is 24.3 Å². The van der Waals surface area contributed by atoms with Crippen molar-refractivity contribution in [3.8, 4) is 0 Å². The van der Waals surface area contributed by atoms with E-state index in [1.165, 1.54) is 0 Å². The van der Waals surface area contributed by atoms with Gasteiger partial charge in [-0.05, 0) is 24.5 Å². The van der Waals surface area contributed by atoms with Gasteiger partial charge in [0.2, 0.25) is 0 Å². The Kier molecular flexibility index (Phi) is 3.58. The molecule has 1 N–H and O–H groups in total. The predicted octanol–water partition coefficient (Wildman–Crippen LogP) is 2.06. The molecule has 20 heavy (non-hydrogen) atoms. The van der Waals surface area contributed by atoms with E-state index >= 15 is 0 Å². The van der Waals surface area contributed by atoms with Gasteiger partial charge in [0, 0.05) is 6.54 Å². The van der Waals surface area contributed by atoms with Crippen molar-refractivity contribution in [1.82, 2.24) is 5.32 Å². The standard InChI is InChI=1S/C15H18N2O3/c18-14(11-5-3-6-11)20-9-8-17-13-7-2-1-4-12(13)10-16-15(17)19/h1-2,4,7,11H,3,5-6,8-10H2,(H,16,19). The molecule has 2 amide bonds. The third-order valence-electron chi connectivity index (χ3n) is 3.96. The van der Waals surface area contributed by atoms with Crippen LogP contribution in [0.2, 0.25) is 0 Å². The molecule has 1 heterocycles. The van der Waals surface area contributed by atoms with E-state index in [1.54, 1.807) is 4.90 Å². The van der Waals surface area contributed by atoms with Gasteiger partial charge in [0.15, 0.2) is 0 Å². The molecule has 1 fully saturated rings. The van der Waals surface area contributed by atoms with Gasteiger partial charge in [0.25, 0.3) is 0 Å². The number of carbonyl (C=O) groups is 2. The molecule has 2 aliphatic rings. The van der Waals surface area contributed by atoms with Crippen LogP contribution in [0.1, 0.15) is 24.8 Å². The highest BCUT2D eigenvalue weighted by Gasteiger charge is 2.27. The molecule has 0 unspecified atom stereocenters. The Morgan fingerprint density at radius 2 is 2.15 bits per heavy atom. The second-order valence-electron chi connectivity index (χ2n) is 5.23. The number of hydrogen-bond donors (Lipinski definition) is 1. The average molecular weight is 274 g/mol. The summed E-state index contributed by atoms with van der Waals surface area (Å²) in [4.78, 5) is 25.2. The summed E-state index contributed by atoms with van der Waals surface area (Å²) in [7, 11) is 0. The number of hydrogen-bond acceptors (Lipinski definition) is 3. The van der Waals surface area contributed by atoms with Crippen molar-refractivity contribution in [1.29, 1.82) is 0 Å². The predicted molar refractivity (Wildman–Crippen MR) is 74.3 cm³/mol. The first-order chi connectivity index (χ1) is 9.75. The number of benzene rings is 1. The summed E-state index contributed by atoms with van der Waals surface area (Å²) in [6, 6.07) is 7.63. The number of esters is 1. The van der Waals surface area contributed by atoms with Gasteiger partial charge in [0.1, 0.15) is 6.61 Å². The third-order valence-corrected chi connectivity index (χ3v) is 3.96. The zero-order valence-corrected chi connectivity index (χ0v) is 11.3. The number of amides is 2. The summed E-state index contributed by atoms with van der Waals surface area (Å²) in [5.74, 6) is -0.0422. The number of urea groups is 1. The highest BCUT2D eigenvalue weighted by molar-refractivity contribution is 5.94. The molecule has 1 aliphatic carbocycles. The van der Waals surface area contributed by atoms with E-state index < -0.39 is 0 Å². The van der Waals surface area contributed by atoms with Gasteiger partial charge in [-0.25, -0.2) is 4.79 Å². The lowest BCUT2D eigenvalue weighted by atomic mass is 9.86. The van der Waals surface area contributed by atoms with Crippen LogP contribution in [0.5, 0.6) is 0 Å². The average Bonchev–Trinajstić information content (AvgIpc) is 2.39. The fourth-order valence-electron chi connectivity index (χ4n) is 2.52. The van der Waals surface area contributed by atoms with Crippen LogP contribution in [-0.4, -0.2) is 25.2 Å². The lowest BCUT2D eigenvalue weighted by Gasteiger charge is -2.30. The fraction of sp³-hybridized carbons (Fsp3) is 0.467. The van der Waals surface area contributed by atoms with Crippen molar-refractivity contribution in [2.24, 2.45) is 5.92 Å².